The van der Waals surface area contributed by atoms with Crippen LogP contribution in [0.5, 0.6) is 0 Å². The Morgan fingerprint density at radius 1 is 1.20 bits per heavy atom. The summed E-state index contributed by atoms with van der Waals surface area (Å²) in [4.78, 5) is 11.9. The van der Waals surface area contributed by atoms with Crippen molar-refractivity contribution < 1.29 is 4.79 Å². The van der Waals surface area contributed by atoms with Crippen molar-refractivity contribution in [3.05, 3.63) is 64.7 Å². The van der Waals surface area contributed by atoms with Crippen LogP contribution in [0.25, 0.3) is 0 Å². The number of anilines is 1. The minimum absolute atomic E-state index is 0.443. The molecule has 1 amide bonds. The summed E-state index contributed by atoms with van der Waals surface area (Å²) in [7, 11) is 0. The Bertz CT molecular complexity index is 625. The highest BCUT2D eigenvalue weighted by molar-refractivity contribution is 6.30. The molecule has 0 heterocycles. The molecule has 0 fully saturated rings. The van der Waals surface area contributed by atoms with E-state index in [-0.39, 0.29) is 0 Å². The molecule has 3 nitrogen and oxygen atoms in total. The normalized spacial score (nSPS) is 13.6. The molecular formula is C16H17ClN2O. The smallest absolute Gasteiger partial charge is 0.247 e. The summed E-state index contributed by atoms with van der Waals surface area (Å²) in [5, 5.41) is 3.84. The highest BCUT2D eigenvalue weighted by Gasteiger charge is 2.33. The maximum Gasteiger partial charge on any atom is 0.247 e. The first-order chi connectivity index (χ1) is 9.41. The fourth-order valence-corrected chi connectivity index (χ4v) is 2.20. The monoisotopic (exact) mass is 288 g/mol. The van der Waals surface area contributed by atoms with Crippen LogP contribution in [-0.2, 0) is 10.3 Å². The van der Waals surface area contributed by atoms with Crippen LogP contribution in [0.2, 0.25) is 5.02 Å². The molecule has 104 valence electrons. The van der Waals surface area contributed by atoms with E-state index in [0.717, 1.165) is 16.8 Å². The fraction of sp³-hybridized carbons (Fsp3) is 0.188. The van der Waals surface area contributed by atoms with E-state index in [9.17, 15) is 4.79 Å². The largest absolute Gasteiger partial charge is 0.368 e. The van der Waals surface area contributed by atoms with Gasteiger partial charge in [-0.1, -0.05) is 35.9 Å². The minimum atomic E-state index is -0.988. The van der Waals surface area contributed by atoms with Gasteiger partial charge in [0.2, 0.25) is 5.91 Å². The van der Waals surface area contributed by atoms with E-state index in [0.29, 0.717) is 5.02 Å². The predicted octanol–water partition coefficient (Wildman–Crippen LogP) is 3.46. The SMILES string of the molecule is Cc1cccc(NC(C)(C(N)=O)c2ccc(Cl)cc2)c1. The zero-order valence-electron chi connectivity index (χ0n) is 11.5. The Morgan fingerprint density at radius 3 is 2.40 bits per heavy atom. The van der Waals surface area contributed by atoms with Gasteiger partial charge in [0, 0.05) is 10.7 Å². The summed E-state index contributed by atoms with van der Waals surface area (Å²) in [6, 6.07) is 14.9. The van der Waals surface area contributed by atoms with E-state index in [1.807, 2.05) is 31.2 Å². The van der Waals surface area contributed by atoms with Gasteiger partial charge in [0.1, 0.15) is 5.54 Å². The quantitative estimate of drug-likeness (QED) is 0.905. The molecule has 0 aliphatic heterocycles. The van der Waals surface area contributed by atoms with Crippen molar-refractivity contribution >= 4 is 23.2 Å². The number of halogens is 1. The van der Waals surface area contributed by atoms with Gasteiger partial charge < -0.3 is 11.1 Å². The van der Waals surface area contributed by atoms with E-state index in [2.05, 4.69) is 5.32 Å². The molecule has 4 heteroatoms. The summed E-state index contributed by atoms with van der Waals surface area (Å²) < 4.78 is 0. The number of rotatable bonds is 4. The summed E-state index contributed by atoms with van der Waals surface area (Å²) in [6.45, 7) is 3.76. The van der Waals surface area contributed by atoms with Gasteiger partial charge in [-0.15, -0.1) is 0 Å². The van der Waals surface area contributed by atoms with Crippen LogP contribution in [0.1, 0.15) is 18.1 Å². The molecule has 3 N–H and O–H groups in total. The van der Waals surface area contributed by atoms with Gasteiger partial charge in [-0.05, 0) is 49.2 Å². The van der Waals surface area contributed by atoms with Crippen molar-refractivity contribution in [2.24, 2.45) is 5.73 Å². The average Bonchev–Trinajstić information content (AvgIpc) is 2.39. The standard InChI is InChI=1S/C16H17ClN2O/c1-11-4-3-5-14(10-11)19-16(2,15(18)20)12-6-8-13(17)9-7-12/h3-10,19H,1-2H3,(H2,18,20). The van der Waals surface area contributed by atoms with E-state index >= 15 is 0 Å². The lowest BCUT2D eigenvalue weighted by molar-refractivity contribution is -0.122. The van der Waals surface area contributed by atoms with Crippen LogP contribution in [0, 0.1) is 6.92 Å². The number of primary amides is 1. The van der Waals surface area contributed by atoms with E-state index < -0.39 is 11.4 Å². The van der Waals surface area contributed by atoms with Crippen molar-refractivity contribution in [2.75, 3.05) is 5.32 Å². The molecule has 1 unspecified atom stereocenters. The Labute approximate surface area is 123 Å². The number of carbonyl (C=O) groups excluding carboxylic acids is 1. The Balaban J connectivity index is 2.39. The zero-order chi connectivity index (χ0) is 14.8. The van der Waals surface area contributed by atoms with Gasteiger partial charge in [0.15, 0.2) is 0 Å². The topological polar surface area (TPSA) is 55.1 Å². The first-order valence-electron chi connectivity index (χ1n) is 6.32. The Hall–Kier alpha value is -2.00. The van der Waals surface area contributed by atoms with Crippen molar-refractivity contribution in [1.82, 2.24) is 0 Å². The van der Waals surface area contributed by atoms with Gasteiger partial charge in [-0.25, -0.2) is 0 Å². The molecule has 0 aromatic heterocycles. The third kappa shape index (κ3) is 2.94. The van der Waals surface area contributed by atoms with Crippen LogP contribution in [0.15, 0.2) is 48.5 Å². The Morgan fingerprint density at radius 2 is 1.85 bits per heavy atom. The third-order valence-electron chi connectivity index (χ3n) is 3.33. The van der Waals surface area contributed by atoms with E-state index in [1.54, 1.807) is 31.2 Å². The maximum absolute atomic E-state index is 11.9. The number of nitrogens with two attached hydrogens (primary N) is 1. The maximum atomic E-state index is 11.9. The molecule has 0 aliphatic carbocycles. The first-order valence-corrected chi connectivity index (χ1v) is 6.70. The minimum Gasteiger partial charge on any atom is -0.368 e. The molecule has 0 radical (unpaired) electrons. The lowest BCUT2D eigenvalue weighted by Gasteiger charge is -2.29. The summed E-state index contributed by atoms with van der Waals surface area (Å²) in [5.74, 6) is -0.443. The molecule has 0 bridgehead atoms. The number of hydrogen-bond acceptors (Lipinski definition) is 2. The Kier molecular flexibility index (Phi) is 4.00. The highest BCUT2D eigenvalue weighted by atomic mass is 35.5. The van der Waals surface area contributed by atoms with Crippen LogP contribution in [-0.4, -0.2) is 5.91 Å². The van der Waals surface area contributed by atoms with Gasteiger partial charge in [-0.2, -0.15) is 0 Å². The molecule has 0 saturated carbocycles. The van der Waals surface area contributed by atoms with Crippen molar-refractivity contribution in [3.8, 4) is 0 Å². The molecule has 0 saturated heterocycles. The number of benzene rings is 2. The molecule has 0 aliphatic rings. The van der Waals surface area contributed by atoms with Gasteiger partial charge in [0.05, 0.1) is 0 Å². The van der Waals surface area contributed by atoms with Crippen molar-refractivity contribution in [2.45, 2.75) is 19.4 Å². The second-order valence-corrected chi connectivity index (χ2v) is 5.43. The molecule has 2 aromatic rings. The predicted molar refractivity (Wildman–Crippen MR) is 82.8 cm³/mol. The van der Waals surface area contributed by atoms with E-state index in [1.165, 1.54) is 0 Å². The van der Waals surface area contributed by atoms with Crippen LogP contribution < -0.4 is 11.1 Å². The van der Waals surface area contributed by atoms with Crippen molar-refractivity contribution in [3.63, 3.8) is 0 Å². The number of carbonyl (C=O) groups is 1. The molecule has 1 atom stereocenters. The lowest BCUT2D eigenvalue weighted by atomic mass is 9.90. The third-order valence-corrected chi connectivity index (χ3v) is 3.58. The summed E-state index contributed by atoms with van der Waals surface area (Å²) in [5.41, 5.74) is 7.34. The van der Waals surface area contributed by atoms with Gasteiger partial charge >= 0.3 is 0 Å². The van der Waals surface area contributed by atoms with Crippen molar-refractivity contribution in [1.29, 1.82) is 0 Å². The summed E-state index contributed by atoms with van der Waals surface area (Å²) >= 11 is 5.89. The number of aryl methyl sites for hydroxylation is 1. The van der Waals surface area contributed by atoms with Crippen LogP contribution in [0.3, 0.4) is 0 Å². The van der Waals surface area contributed by atoms with Crippen LogP contribution >= 0.6 is 11.6 Å². The highest BCUT2D eigenvalue weighted by Crippen LogP contribution is 2.27. The van der Waals surface area contributed by atoms with Gasteiger partial charge in [-0.3, -0.25) is 4.79 Å². The van der Waals surface area contributed by atoms with Crippen LogP contribution in [0.4, 0.5) is 5.69 Å². The van der Waals surface area contributed by atoms with E-state index in [4.69, 9.17) is 17.3 Å². The van der Waals surface area contributed by atoms with Gasteiger partial charge in [0.25, 0.3) is 0 Å². The molecule has 2 aromatic carbocycles. The second kappa shape index (κ2) is 5.55. The average molecular weight is 289 g/mol. The molecule has 2 rings (SSSR count). The second-order valence-electron chi connectivity index (χ2n) is 4.99. The fourth-order valence-electron chi connectivity index (χ4n) is 2.07. The zero-order valence-corrected chi connectivity index (χ0v) is 12.2. The molecule has 20 heavy (non-hydrogen) atoms. The first kappa shape index (κ1) is 14.4. The lowest BCUT2D eigenvalue weighted by Crippen LogP contribution is -2.45. The number of amides is 1. The number of hydrogen-bond donors (Lipinski definition) is 2. The molecule has 0 spiro atoms. The molecular weight excluding hydrogens is 272 g/mol. The summed E-state index contributed by atoms with van der Waals surface area (Å²) in [6.07, 6.45) is 0. The number of nitrogens with one attached hydrogen (secondary N) is 1.